The Kier molecular flexibility index (Phi) is 9.09. The lowest BCUT2D eigenvalue weighted by atomic mass is 9.88. The number of amides is 1. The largest absolute Gasteiger partial charge is 0.396 e. The zero-order chi connectivity index (χ0) is 13.3. The lowest BCUT2D eigenvalue weighted by molar-refractivity contribution is -0.121. The molecular formula is C13H28N2O2. The van der Waals surface area contributed by atoms with E-state index in [1.165, 1.54) is 0 Å². The van der Waals surface area contributed by atoms with Crippen LogP contribution in [-0.4, -0.2) is 30.7 Å². The quantitative estimate of drug-likeness (QED) is 0.569. The minimum absolute atomic E-state index is 0.0768. The molecule has 17 heavy (non-hydrogen) atoms. The van der Waals surface area contributed by atoms with E-state index >= 15 is 0 Å². The van der Waals surface area contributed by atoms with Crippen LogP contribution in [0.5, 0.6) is 0 Å². The standard InChI is InChI=1S/C13H28N2O2/c1-10(2)12(6-7-14)4-5-13(17)15-8-11(3)9-16/h10-12,16H,4-9,14H2,1-3H3,(H,15,17). The molecule has 0 saturated carbocycles. The summed E-state index contributed by atoms with van der Waals surface area (Å²) in [4.78, 5) is 11.6. The molecule has 2 unspecified atom stereocenters. The Morgan fingerprint density at radius 3 is 2.41 bits per heavy atom. The Hall–Kier alpha value is -0.610. The van der Waals surface area contributed by atoms with Gasteiger partial charge in [0.15, 0.2) is 0 Å². The van der Waals surface area contributed by atoms with E-state index in [0.29, 0.717) is 31.3 Å². The maximum absolute atomic E-state index is 11.6. The van der Waals surface area contributed by atoms with Crippen LogP contribution in [0, 0.1) is 17.8 Å². The Morgan fingerprint density at radius 2 is 1.94 bits per heavy atom. The lowest BCUT2D eigenvalue weighted by Gasteiger charge is -2.19. The van der Waals surface area contributed by atoms with Gasteiger partial charge in [0, 0.05) is 19.6 Å². The molecule has 0 saturated heterocycles. The summed E-state index contributed by atoms with van der Waals surface area (Å²) < 4.78 is 0. The molecule has 0 rings (SSSR count). The van der Waals surface area contributed by atoms with E-state index < -0.39 is 0 Å². The normalized spacial score (nSPS) is 14.7. The van der Waals surface area contributed by atoms with E-state index in [2.05, 4.69) is 19.2 Å². The molecule has 0 heterocycles. The molecule has 0 fully saturated rings. The number of carbonyl (C=O) groups excluding carboxylic acids is 1. The molecule has 0 bridgehead atoms. The maximum atomic E-state index is 11.6. The van der Waals surface area contributed by atoms with Crippen LogP contribution in [-0.2, 0) is 4.79 Å². The lowest BCUT2D eigenvalue weighted by Crippen LogP contribution is -2.30. The highest BCUT2D eigenvalue weighted by molar-refractivity contribution is 5.75. The fourth-order valence-electron chi connectivity index (χ4n) is 1.78. The van der Waals surface area contributed by atoms with Gasteiger partial charge < -0.3 is 16.2 Å². The van der Waals surface area contributed by atoms with Gasteiger partial charge in [0.1, 0.15) is 0 Å². The van der Waals surface area contributed by atoms with Crippen molar-refractivity contribution in [3.05, 3.63) is 0 Å². The van der Waals surface area contributed by atoms with Crippen molar-refractivity contribution in [1.82, 2.24) is 5.32 Å². The van der Waals surface area contributed by atoms with Crippen molar-refractivity contribution in [1.29, 1.82) is 0 Å². The van der Waals surface area contributed by atoms with Crippen molar-refractivity contribution in [2.45, 2.75) is 40.0 Å². The van der Waals surface area contributed by atoms with Gasteiger partial charge in [-0.3, -0.25) is 4.79 Å². The first-order valence-electron chi connectivity index (χ1n) is 6.58. The highest BCUT2D eigenvalue weighted by atomic mass is 16.3. The van der Waals surface area contributed by atoms with Crippen LogP contribution in [0.2, 0.25) is 0 Å². The van der Waals surface area contributed by atoms with Gasteiger partial charge in [0.05, 0.1) is 0 Å². The average Bonchev–Trinajstić information content (AvgIpc) is 2.30. The molecular weight excluding hydrogens is 216 g/mol. The number of hydrogen-bond acceptors (Lipinski definition) is 3. The SMILES string of the molecule is CC(CO)CNC(=O)CCC(CCN)C(C)C. The monoisotopic (exact) mass is 244 g/mol. The topological polar surface area (TPSA) is 75.3 Å². The number of nitrogens with one attached hydrogen (secondary N) is 1. The van der Waals surface area contributed by atoms with Crippen LogP contribution in [0.15, 0.2) is 0 Å². The number of rotatable bonds is 9. The van der Waals surface area contributed by atoms with Gasteiger partial charge in [-0.25, -0.2) is 0 Å². The van der Waals surface area contributed by atoms with Gasteiger partial charge in [0.2, 0.25) is 5.91 Å². The van der Waals surface area contributed by atoms with Gasteiger partial charge in [-0.15, -0.1) is 0 Å². The first-order valence-corrected chi connectivity index (χ1v) is 6.58. The highest BCUT2D eigenvalue weighted by Crippen LogP contribution is 2.20. The summed E-state index contributed by atoms with van der Waals surface area (Å²) >= 11 is 0. The van der Waals surface area contributed by atoms with E-state index in [9.17, 15) is 4.79 Å². The first-order chi connectivity index (χ1) is 8.01. The Labute approximate surface area is 105 Å². The van der Waals surface area contributed by atoms with Crippen molar-refractivity contribution >= 4 is 5.91 Å². The van der Waals surface area contributed by atoms with E-state index in [-0.39, 0.29) is 18.4 Å². The molecule has 0 aliphatic heterocycles. The third kappa shape index (κ3) is 8.16. The molecule has 0 aliphatic rings. The molecule has 0 aromatic carbocycles. The van der Waals surface area contributed by atoms with Gasteiger partial charge in [-0.05, 0) is 37.1 Å². The van der Waals surface area contributed by atoms with Crippen LogP contribution in [0.25, 0.3) is 0 Å². The smallest absolute Gasteiger partial charge is 0.220 e. The summed E-state index contributed by atoms with van der Waals surface area (Å²) in [5.74, 6) is 1.31. The molecule has 0 aliphatic carbocycles. The molecule has 2 atom stereocenters. The predicted molar refractivity (Wildman–Crippen MR) is 70.5 cm³/mol. The Balaban J connectivity index is 3.80. The highest BCUT2D eigenvalue weighted by Gasteiger charge is 2.14. The summed E-state index contributed by atoms with van der Waals surface area (Å²) in [5.41, 5.74) is 5.56. The zero-order valence-electron chi connectivity index (χ0n) is 11.4. The summed E-state index contributed by atoms with van der Waals surface area (Å²) in [6.07, 6.45) is 2.44. The molecule has 0 radical (unpaired) electrons. The zero-order valence-corrected chi connectivity index (χ0v) is 11.4. The average molecular weight is 244 g/mol. The second-order valence-electron chi connectivity index (χ2n) is 5.21. The van der Waals surface area contributed by atoms with Crippen molar-refractivity contribution in [2.75, 3.05) is 19.7 Å². The molecule has 0 spiro atoms. The van der Waals surface area contributed by atoms with E-state index in [0.717, 1.165) is 12.8 Å². The molecule has 4 N–H and O–H groups in total. The van der Waals surface area contributed by atoms with Crippen molar-refractivity contribution in [2.24, 2.45) is 23.5 Å². The van der Waals surface area contributed by atoms with Gasteiger partial charge in [-0.2, -0.15) is 0 Å². The molecule has 0 aromatic heterocycles. The minimum atomic E-state index is 0.0768. The third-order valence-corrected chi connectivity index (χ3v) is 3.18. The van der Waals surface area contributed by atoms with Crippen LogP contribution >= 0.6 is 0 Å². The van der Waals surface area contributed by atoms with E-state index in [1.54, 1.807) is 0 Å². The predicted octanol–water partition coefficient (Wildman–Crippen LogP) is 1.13. The Morgan fingerprint density at radius 1 is 1.29 bits per heavy atom. The fraction of sp³-hybridized carbons (Fsp3) is 0.923. The number of carbonyl (C=O) groups is 1. The number of aliphatic hydroxyl groups excluding tert-OH is 1. The van der Waals surface area contributed by atoms with Gasteiger partial charge in [-0.1, -0.05) is 20.8 Å². The molecule has 102 valence electrons. The minimum Gasteiger partial charge on any atom is -0.396 e. The van der Waals surface area contributed by atoms with E-state index in [1.807, 2.05) is 6.92 Å². The summed E-state index contributed by atoms with van der Waals surface area (Å²) in [6.45, 7) is 7.61. The van der Waals surface area contributed by atoms with Gasteiger partial charge in [0.25, 0.3) is 0 Å². The Bertz CT molecular complexity index is 208. The van der Waals surface area contributed by atoms with Crippen LogP contribution < -0.4 is 11.1 Å². The molecule has 0 aromatic rings. The fourth-order valence-corrected chi connectivity index (χ4v) is 1.78. The summed E-state index contributed by atoms with van der Waals surface area (Å²) in [6, 6.07) is 0. The number of hydrogen-bond donors (Lipinski definition) is 3. The third-order valence-electron chi connectivity index (χ3n) is 3.18. The van der Waals surface area contributed by atoms with Crippen LogP contribution in [0.4, 0.5) is 0 Å². The number of nitrogens with two attached hydrogens (primary N) is 1. The maximum Gasteiger partial charge on any atom is 0.220 e. The van der Waals surface area contributed by atoms with Crippen LogP contribution in [0.1, 0.15) is 40.0 Å². The van der Waals surface area contributed by atoms with Crippen molar-refractivity contribution in [3.63, 3.8) is 0 Å². The molecule has 4 nitrogen and oxygen atoms in total. The van der Waals surface area contributed by atoms with Crippen molar-refractivity contribution < 1.29 is 9.90 Å². The van der Waals surface area contributed by atoms with Crippen LogP contribution in [0.3, 0.4) is 0 Å². The van der Waals surface area contributed by atoms with Gasteiger partial charge >= 0.3 is 0 Å². The molecule has 4 heteroatoms. The molecule has 1 amide bonds. The number of aliphatic hydroxyl groups is 1. The summed E-state index contributed by atoms with van der Waals surface area (Å²) in [5, 5.41) is 11.7. The van der Waals surface area contributed by atoms with Crippen molar-refractivity contribution in [3.8, 4) is 0 Å². The second kappa shape index (κ2) is 9.42. The van der Waals surface area contributed by atoms with E-state index in [4.69, 9.17) is 10.8 Å². The summed E-state index contributed by atoms with van der Waals surface area (Å²) in [7, 11) is 0. The first kappa shape index (κ1) is 16.4. The second-order valence-corrected chi connectivity index (χ2v) is 5.21.